The number of aliphatic hydroxyl groups is 1. The van der Waals surface area contributed by atoms with Crippen molar-refractivity contribution in [3.05, 3.63) is 54.1 Å². The number of benzene rings is 2. The van der Waals surface area contributed by atoms with Gasteiger partial charge in [0.1, 0.15) is 17.2 Å². The zero-order chi connectivity index (χ0) is 21.1. The summed E-state index contributed by atoms with van der Waals surface area (Å²) < 4.78 is 13.7. The summed E-state index contributed by atoms with van der Waals surface area (Å²) in [6, 6.07) is 15.9. The molecule has 2 aromatic carbocycles. The molecule has 2 atom stereocenters. The van der Waals surface area contributed by atoms with Gasteiger partial charge in [-0.25, -0.2) is 0 Å². The first kappa shape index (κ1) is 23.6. The molecule has 0 radical (unpaired) electrons. The highest BCUT2D eigenvalue weighted by molar-refractivity contribution is 5.97. The van der Waals surface area contributed by atoms with E-state index in [4.69, 9.17) is 9.47 Å². The van der Waals surface area contributed by atoms with E-state index in [0.717, 1.165) is 48.6 Å². The second kappa shape index (κ2) is 10.0. The zero-order valence-corrected chi connectivity index (χ0v) is 20.3. The number of hydrogen-bond acceptors (Lipinski definition) is 4. The maximum atomic E-state index is 12.3. The molecule has 2 heterocycles. The fourth-order valence-corrected chi connectivity index (χ4v) is 4.81. The average molecular weight is 489 g/mol. The maximum absolute atomic E-state index is 12.3. The Labute approximate surface area is 196 Å². The van der Waals surface area contributed by atoms with Crippen LogP contribution in [0.25, 0.3) is 0 Å². The van der Waals surface area contributed by atoms with Crippen molar-refractivity contribution >= 4 is 11.5 Å². The van der Waals surface area contributed by atoms with E-state index < -0.39 is 5.72 Å². The summed E-state index contributed by atoms with van der Waals surface area (Å²) in [5.41, 5.74) is 0.721. The van der Waals surface area contributed by atoms with Gasteiger partial charge in [-0.15, -0.1) is 0 Å². The molecule has 2 aliphatic heterocycles. The van der Waals surface area contributed by atoms with Crippen molar-refractivity contribution in [1.29, 1.82) is 0 Å². The van der Waals surface area contributed by atoms with Gasteiger partial charge in [0.05, 0.1) is 19.8 Å². The van der Waals surface area contributed by atoms with Crippen molar-refractivity contribution in [3.63, 3.8) is 0 Å². The summed E-state index contributed by atoms with van der Waals surface area (Å²) >= 11 is 0. The molecule has 4 rings (SSSR count). The molecule has 0 bridgehead atoms. The van der Waals surface area contributed by atoms with Gasteiger partial charge in [0.25, 0.3) is 11.6 Å². The van der Waals surface area contributed by atoms with Gasteiger partial charge in [0, 0.05) is 12.0 Å². The molecule has 2 aromatic rings. The van der Waals surface area contributed by atoms with Gasteiger partial charge < -0.3 is 31.6 Å². The van der Waals surface area contributed by atoms with Crippen LogP contribution in [0.2, 0.25) is 0 Å². The lowest BCUT2D eigenvalue weighted by Gasteiger charge is -2.32. The Morgan fingerprint density at radius 1 is 0.935 bits per heavy atom. The third-order valence-electron chi connectivity index (χ3n) is 6.28. The summed E-state index contributed by atoms with van der Waals surface area (Å²) in [5.74, 6) is 2.88. The predicted octanol–water partition coefficient (Wildman–Crippen LogP) is 1.53. The second-order valence-corrected chi connectivity index (χ2v) is 8.04. The van der Waals surface area contributed by atoms with Crippen LogP contribution in [0.15, 0.2) is 48.5 Å². The smallest absolute Gasteiger partial charge is 0.278 e. The number of hydrogen-bond donors (Lipinski definition) is 1. The third kappa shape index (κ3) is 4.33. The number of ether oxygens (including phenoxy) is 2. The molecular formula is C25H33BrN2O3. The molecule has 0 fully saturated rings. The van der Waals surface area contributed by atoms with E-state index in [9.17, 15) is 5.11 Å². The minimum absolute atomic E-state index is 0. The Bertz CT molecular complexity index is 898. The van der Waals surface area contributed by atoms with E-state index in [1.807, 2.05) is 50.2 Å². The summed E-state index contributed by atoms with van der Waals surface area (Å²) in [4.78, 5) is 2.15. The average Bonchev–Trinajstić information content (AvgIpc) is 2.91. The fourth-order valence-electron chi connectivity index (χ4n) is 4.81. The number of halogens is 1. The molecule has 2 aliphatic rings. The van der Waals surface area contributed by atoms with Crippen LogP contribution in [0.1, 0.15) is 52.0 Å². The van der Waals surface area contributed by atoms with Crippen LogP contribution in [-0.4, -0.2) is 41.3 Å². The molecule has 1 N–H and O–H groups in total. The van der Waals surface area contributed by atoms with Gasteiger partial charge in [-0.3, -0.25) is 4.58 Å². The van der Waals surface area contributed by atoms with Gasteiger partial charge in [0.15, 0.2) is 6.04 Å². The van der Waals surface area contributed by atoms with E-state index in [-0.39, 0.29) is 23.0 Å². The molecule has 0 spiro atoms. The zero-order valence-electron chi connectivity index (χ0n) is 18.7. The largest absolute Gasteiger partial charge is 1.00 e. The molecule has 0 aliphatic carbocycles. The maximum Gasteiger partial charge on any atom is 0.278 e. The SMILES string of the molecule is CCOc1ccc(N2C3=[N+](CCCCC3)C(C)C2(O)c2ccc(OCC)cc2)cc1.[Br-]. The standard InChI is InChI=1S/C25H33N2O3.BrH/c1-4-29-22-14-10-20(11-15-22)25(28)19(3)26-18-8-6-7-9-24(26)27(25)21-12-16-23(17-13-21)30-5-2;/h10-17,19,28H,4-9,18H2,1-3H3;1H/q+1;/p-1. The molecule has 0 aromatic heterocycles. The third-order valence-corrected chi connectivity index (χ3v) is 6.28. The molecule has 31 heavy (non-hydrogen) atoms. The summed E-state index contributed by atoms with van der Waals surface area (Å²) in [6.45, 7) is 8.34. The normalized spacial score (nSPS) is 23.1. The van der Waals surface area contributed by atoms with Gasteiger partial charge >= 0.3 is 0 Å². The van der Waals surface area contributed by atoms with Crippen molar-refractivity contribution in [3.8, 4) is 11.5 Å². The number of rotatable bonds is 6. The quantitative estimate of drug-likeness (QED) is 0.626. The molecule has 6 heteroatoms. The Hall–Kier alpha value is -2.05. The first-order chi connectivity index (χ1) is 14.6. The first-order valence-electron chi connectivity index (χ1n) is 11.2. The minimum atomic E-state index is -1.15. The molecule has 5 nitrogen and oxygen atoms in total. The topological polar surface area (TPSA) is 44.9 Å². The van der Waals surface area contributed by atoms with Crippen molar-refractivity contribution in [2.24, 2.45) is 0 Å². The monoisotopic (exact) mass is 488 g/mol. The van der Waals surface area contributed by atoms with Crippen LogP contribution in [0, 0.1) is 0 Å². The molecule has 2 unspecified atom stereocenters. The van der Waals surface area contributed by atoms with Crippen LogP contribution in [-0.2, 0) is 5.72 Å². The van der Waals surface area contributed by atoms with Crippen LogP contribution in [0.3, 0.4) is 0 Å². The van der Waals surface area contributed by atoms with E-state index in [1.165, 1.54) is 12.3 Å². The Morgan fingerprint density at radius 2 is 1.52 bits per heavy atom. The molecule has 168 valence electrons. The van der Waals surface area contributed by atoms with Crippen LogP contribution in [0.5, 0.6) is 11.5 Å². The van der Waals surface area contributed by atoms with E-state index in [2.05, 4.69) is 28.5 Å². The fraction of sp³-hybridized carbons (Fsp3) is 0.480. The van der Waals surface area contributed by atoms with Crippen molar-refractivity contribution < 1.29 is 36.1 Å². The van der Waals surface area contributed by atoms with E-state index in [1.54, 1.807) is 0 Å². The first-order valence-corrected chi connectivity index (χ1v) is 11.2. The lowest BCUT2D eigenvalue weighted by Crippen LogP contribution is -3.00. The molecular weight excluding hydrogens is 456 g/mol. The van der Waals surface area contributed by atoms with Crippen molar-refractivity contribution in [1.82, 2.24) is 0 Å². The summed E-state index contributed by atoms with van der Waals surface area (Å²) in [7, 11) is 0. The highest BCUT2D eigenvalue weighted by Gasteiger charge is 2.59. The lowest BCUT2D eigenvalue weighted by molar-refractivity contribution is -0.571. The van der Waals surface area contributed by atoms with Gasteiger partial charge in [-0.1, -0.05) is 0 Å². The Morgan fingerprint density at radius 3 is 2.10 bits per heavy atom. The highest BCUT2D eigenvalue weighted by Crippen LogP contribution is 2.42. The lowest BCUT2D eigenvalue weighted by atomic mass is 9.93. The van der Waals surface area contributed by atoms with Gasteiger partial charge in [-0.05, 0) is 88.6 Å². The Balaban J connectivity index is 0.00000272. The Kier molecular flexibility index (Phi) is 7.65. The summed E-state index contributed by atoms with van der Waals surface area (Å²) in [6.07, 6.45) is 4.50. The van der Waals surface area contributed by atoms with Crippen molar-refractivity contribution in [2.75, 3.05) is 24.7 Å². The number of amidine groups is 1. The second-order valence-electron chi connectivity index (χ2n) is 8.04. The van der Waals surface area contributed by atoms with Gasteiger partial charge in [-0.2, -0.15) is 4.90 Å². The van der Waals surface area contributed by atoms with Crippen LogP contribution >= 0.6 is 0 Å². The number of nitrogens with zero attached hydrogens (tertiary/aromatic N) is 2. The van der Waals surface area contributed by atoms with Gasteiger partial charge in [0.2, 0.25) is 0 Å². The highest BCUT2D eigenvalue weighted by atomic mass is 79.9. The molecule has 0 saturated carbocycles. The van der Waals surface area contributed by atoms with E-state index in [0.29, 0.717) is 13.2 Å². The van der Waals surface area contributed by atoms with Crippen LogP contribution in [0.4, 0.5) is 5.69 Å². The summed E-state index contributed by atoms with van der Waals surface area (Å²) in [5, 5.41) is 12.3. The minimum Gasteiger partial charge on any atom is -1.00 e. The van der Waals surface area contributed by atoms with Crippen LogP contribution < -0.4 is 31.4 Å². The number of anilines is 1. The van der Waals surface area contributed by atoms with Crippen molar-refractivity contribution in [2.45, 2.75) is 58.2 Å². The van der Waals surface area contributed by atoms with E-state index >= 15 is 0 Å². The molecule has 0 saturated heterocycles. The molecule has 0 amide bonds. The predicted molar refractivity (Wildman–Crippen MR) is 120 cm³/mol.